The van der Waals surface area contributed by atoms with E-state index in [1.807, 2.05) is 6.07 Å². The molecule has 2 aromatic carbocycles. The Bertz CT molecular complexity index is 514. The first kappa shape index (κ1) is 11.5. The molecule has 0 atom stereocenters. The molecule has 0 heterocycles. The summed E-state index contributed by atoms with van der Waals surface area (Å²) in [6.45, 7) is 0. The molecule has 0 aliphatic heterocycles. The quantitative estimate of drug-likeness (QED) is 0.873. The largest absolute Gasteiger partial charge is 0.417 e. The molecule has 0 unspecified atom stereocenters. The molecular formula is C13H10ClNO2. The number of para-hydroxylation sites is 2. The molecule has 0 saturated carbocycles. The van der Waals surface area contributed by atoms with Crippen molar-refractivity contribution in [2.24, 2.45) is 0 Å². The molecule has 0 aliphatic carbocycles. The zero-order chi connectivity index (χ0) is 12.1. The first-order valence-electron chi connectivity index (χ1n) is 5.04. The van der Waals surface area contributed by atoms with Gasteiger partial charge in [-0.1, -0.05) is 41.9 Å². The Labute approximate surface area is 104 Å². The van der Waals surface area contributed by atoms with Gasteiger partial charge in [-0.3, -0.25) is 5.32 Å². The Kier molecular flexibility index (Phi) is 3.62. The monoisotopic (exact) mass is 247 g/mol. The predicted octanol–water partition coefficient (Wildman–Crippen LogP) is 3.95. The number of rotatable bonds is 2. The van der Waals surface area contributed by atoms with Crippen LogP contribution < -0.4 is 10.1 Å². The normalized spacial score (nSPS) is 9.71. The van der Waals surface area contributed by atoms with Crippen LogP contribution in [0.3, 0.4) is 0 Å². The van der Waals surface area contributed by atoms with E-state index in [-0.39, 0.29) is 0 Å². The predicted molar refractivity (Wildman–Crippen MR) is 67.5 cm³/mol. The lowest BCUT2D eigenvalue weighted by Crippen LogP contribution is -2.16. The summed E-state index contributed by atoms with van der Waals surface area (Å²) in [5.41, 5.74) is 0.523. The van der Waals surface area contributed by atoms with Crippen LogP contribution in [0.2, 0.25) is 5.02 Å². The number of hydrogen-bond donors (Lipinski definition) is 1. The summed E-state index contributed by atoms with van der Waals surface area (Å²) in [6.07, 6.45) is -0.565. The van der Waals surface area contributed by atoms with Crippen LogP contribution >= 0.6 is 11.6 Å². The molecule has 1 N–H and O–H groups in total. The van der Waals surface area contributed by atoms with Crippen LogP contribution in [0.15, 0.2) is 54.6 Å². The van der Waals surface area contributed by atoms with Crippen LogP contribution in [0.1, 0.15) is 0 Å². The van der Waals surface area contributed by atoms with Gasteiger partial charge in [0.1, 0.15) is 5.75 Å². The molecule has 4 heteroatoms. The van der Waals surface area contributed by atoms with Gasteiger partial charge >= 0.3 is 6.09 Å². The molecule has 1 amide bonds. The molecule has 3 nitrogen and oxygen atoms in total. The minimum atomic E-state index is -0.565. The Balaban J connectivity index is 2.01. The second-order valence-corrected chi connectivity index (χ2v) is 3.71. The van der Waals surface area contributed by atoms with Gasteiger partial charge in [0.05, 0.1) is 10.7 Å². The molecule has 86 valence electrons. The average Bonchev–Trinajstić information content (AvgIpc) is 2.33. The number of halogens is 1. The van der Waals surface area contributed by atoms with E-state index in [0.29, 0.717) is 16.5 Å². The maximum atomic E-state index is 11.5. The lowest BCUT2D eigenvalue weighted by Gasteiger charge is -2.07. The summed E-state index contributed by atoms with van der Waals surface area (Å²) in [7, 11) is 0. The van der Waals surface area contributed by atoms with Gasteiger partial charge in [-0.15, -0.1) is 0 Å². The number of carbonyl (C=O) groups excluding carboxylic acids is 1. The van der Waals surface area contributed by atoms with Gasteiger partial charge in [-0.05, 0) is 24.3 Å². The fraction of sp³-hybridized carbons (Fsp3) is 0. The molecule has 0 spiro atoms. The summed E-state index contributed by atoms with van der Waals surface area (Å²) in [5.74, 6) is 0.483. The van der Waals surface area contributed by atoms with Crippen molar-refractivity contribution in [3.05, 3.63) is 59.6 Å². The number of anilines is 1. The fourth-order valence-corrected chi connectivity index (χ4v) is 1.48. The van der Waals surface area contributed by atoms with Crippen LogP contribution in [0, 0.1) is 0 Å². The van der Waals surface area contributed by atoms with Crippen molar-refractivity contribution >= 4 is 23.4 Å². The zero-order valence-corrected chi connectivity index (χ0v) is 9.65. The summed E-state index contributed by atoms with van der Waals surface area (Å²) in [5, 5.41) is 3.04. The van der Waals surface area contributed by atoms with E-state index in [4.69, 9.17) is 16.3 Å². The second kappa shape index (κ2) is 5.37. The fourth-order valence-electron chi connectivity index (χ4n) is 1.29. The van der Waals surface area contributed by atoms with Crippen molar-refractivity contribution < 1.29 is 9.53 Å². The third-order valence-electron chi connectivity index (χ3n) is 2.06. The third kappa shape index (κ3) is 3.23. The van der Waals surface area contributed by atoms with E-state index >= 15 is 0 Å². The minimum Gasteiger partial charge on any atom is -0.410 e. The van der Waals surface area contributed by atoms with E-state index in [0.717, 1.165) is 0 Å². The van der Waals surface area contributed by atoms with Crippen LogP contribution in [-0.4, -0.2) is 6.09 Å². The Hall–Kier alpha value is -2.00. The first-order valence-corrected chi connectivity index (χ1v) is 5.42. The first-order chi connectivity index (χ1) is 8.25. The highest BCUT2D eigenvalue weighted by molar-refractivity contribution is 6.33. The van der Waals surface area contributed by atoms with Crippen molar-refractivity contribution in [1.82, 2.24) is 0 Å². The average molecular weight is 248 g/mol. The SMILES string of the molecule is O=C(Nc1ccccc1Cl)Oc1ccccc1. The van der Waals surface area contributed by atoms with Crippen molar-refractivity contribution in [3.8, 4) is 5.75 Å². The lowest BCUT2D eigenvalue weighted by atomic mass is 10.3. The Morgan fingerprint density at radius 1 is 1.00 bits per heavy atom. The lowest BCUT2D eigenvalue weighted by molar-refractivity contribution is 0.215. The van der Waals surface area contributed by atoms with Crippen LogP contribution in [0.5, 0.6) is 5.75 Å². The van der Waals surface area contributed by atoms with Gasteiger partial charge in [-0.25, -0.2) is 4.79 Å². The molecule has 2 rings (SSSR count). The molecule has 0 bridgehead atoms. The number of hydrogen-bond acceptors (Lipinski definition) is 2. The molecule has 0 fully saturated rings. The van der Waals surface area contributed by atoms with Gasteiger partial charge in [0.25, 0.3) is 0 Å². The number of amides is 1. The van der Waals surface area contributed by atoms with Gasteiger partial charge < -0.3 is 4.74 Å². The molecule has 17 heavy (non-hydrogen) atoms. The third-order valence-corrected chi connectivity index (χ3v) is 2.39. The number of carbonyl (C=O) groups is 1. The minimum absolute atomic E-state index is 0.470. The molecule has 0 aromatic heterocycles. The van der Waals surface area contributed by atoms with E-state index in [1.165, 1.54) is 0 Å². The van der Waals surface area contributed by atoms with Gasteiger partial charge in [0.2, 0.25) is 0 Å². The van der Waals surface area contributed by atoms with Gasteiger partial charge in [0, 0.05) is 0 Å². The second-order valence-electron chi connectivity index (χ2n) is 3.31. The molecule has 0 aliphatic rings. The Morgan fingerprint density at radius 2 is 1.65 bits per heavy atom. The summed E-state index contributed by atoms with van der Waals surface area (Å²) >= 11 is 5.90. The number of ether oxygens (including phenoxy) is 1. The Morgan fingerprint density at radius 3 is 2.35 bits per heavy atom. The summed E-state index contributed by atoms with van der Waals surface area (Å²) in [4.78, 5) is 11.5. The van der Waals surface area contributed by atoms with E-state index in [2.05, 4.69) is 5.32 Å². The maximum Gasteiger partial charge on any atom is 0.417 e. The molecule has 0 saturated heterocycles. The van der Waals surface area contributed by atoms with Crippen molar-refractivity contribution in [2.75, 3.05) is 5.32 Å². The van der Waals surface area contributed by atoms with E-state index < -0.39 is 6.09 Å². The number of benzene rings is 2. The molecule has 2 aromatic rings. The summed E-state index contributed by atoms with van der Waals surface area (Å²) < 4.78 is 5.06. The zero-order valence-electron chi connectivity index (χ0n) is 8.89. The number of nitrogens with one attached hydrogen (secondary N) is 1. The van der Waals surface area contributed by atoms with Crippen molar-refractivity contribution in [1.29, 1.82) is 0 Å². The highest BCUT2D eigenvalue weighted by Crippen LogP contribution is 2.20. The van der Waals surface area contributed by atoms with E-state index in [9.17, 15) is 4.79 Å². The highest BCUT2D eigenvalue weighted by atomic mass is 35.5. The standard InChI is InChI=1S/C13H10ClNO2/c14-11-8-4-5-9-12(11)15-13(16)17-10-6-2-1-3-7-10/h1-9H,(H,15,16). The van der Waals surface area contributed by atoms with Gasteiger partial charge in [-0.2, -0.15) is 0 Å². The van der Waals surface area contributed by atoms with Crippen molar-refractivity contribution in [3.63, 3.8) is 0 Å². The molecule has 0 radical (unpaired) electrons. The van der Waals surface area contributed by atoms with Crippen LogP contribution in [-0.2, 0) is 0 Å². The van der Waals surface area contributed by atoms with Gasteiger partial charge in [0.15, 0.2) is 0 Å². The topological polar surface area (TPSA) is 38.3 Å². The molecular weight excluding hydrogens is 238 g/mol. The van der Waals surface area contributed by atoms with Crippen LogP contribution in [0.25, 0.3) is 0 Å². The summed E-state index contributed by atoms with van der Waals surface area (Å²) in [6, 6.07) is 15.8. The maximum absolute atomic E-state index is 11.5. The highest BCUT2D eigenvalue weighted by Gasteiger charge is 2.06. The van der Waals surface area contributed by atoms with Crippen molar-refractivity contribution in [2.45, 2.75) is 0 Å². The van der Waals surface area contributed by atoms with Crippen LogP contribution in [0.4, 0.5) is 10.5 Å². The smallest absolute Gasteiger partial charge is 0.410 e. The van der Waals surface area contributed by atoms with E-state index in [1.54, 1.807) is 48.5 Å².